The molecular formula is C25H52N4. The fraction of sp³-hybridized carbons (Fsp3) is 1.00. The van der Waals surface area contributed by atoms with Gasteiger partial charge in [-0.05, 0) is 77.3 Å². The predicted molar refractivity (Wildman–Crippen MR) is 127 cm³/mol. The average molecular weight is 409 g/mol. The largest absolute Gasteiger partial charge is 0.328 e. The summed E-state index contributed by atoms with van der Waals surface area (Å²) in [7, 11) is 0. The first-order chi connectivity index (χ1) is 14.2. The second-order valence-corrected chi connectivity index (χ2v) is 10.0. The number of hydrogen-bond acceptors (Lipinski definition) is 4. The minimum absolute atomic E-state index is 0.461. The van der Waals surface area contributed by atoms with Gasteiger partial charge < -0.3 is 22.1 Å². The van der Waals surface area contributed by atoms with Crippen LogP contribution in [-0.2, 0) is 0 Å². The molecule has 0 heterocycles. The Labute approximate surface area is 181 Å². The van der Waals surface area contributed by atoms with Crippen molar-refractivity contribution in [3.8, 4) is 0 Å². The fourth-order valence-electron chi connectivity index (χ4n) is 5.21. The van der Waals surface area contributed by atoms with Gasteiger partial charge in [0.05, 0.1) is 0 Å². The third kappa shape index (κ3) is 13.0. The van der Waals surface area contributed by atoms with Crippen LogP contribution in [0.1, 0.15) is 122 Å². The molecule has 0 unspecified atom stereocenters. The number of nitrogens with one attached hydrogen (secondary N) is 2. The van der Waals surface area contributed by atoms with Crippen LogP contribution in [0, 0.1) is 0 Å². The summed E-state index contributed by atoms with van der Waals surface area (Å²) in [6.45, 7) is 2.40. The van der Waals surface area contributed by atoms with Gasteiger partial charge in [0, 0.05) is 24.2 Å². The standard InChI is InChI=1S/C25H52N4/c26-22-12-2-6-16-24(17-7-3-13-22)28-20-10-1-11-21-29-25-18-8-4-14-23(27)15-5-9-19-25/h22-25,28-29H,1-21,26-27H2. The highest BCUT2D eigenvalue weighted by atomic mass is 14.9. The van der Waals surface area contributed by atoms with Gasteiger partial charge in [-0.15, -0.1) is 0 Å². The molecule has 0 saturated heterocycles. The monoisotopic (exact) mass is 408 g/mol. The van der Waals surface area contributed by atoms with Crippen molar-refractivity contribution in [3.05, 3.63) is 0 Å². The van der Waals surface area contributed by atoms with Gasteiger partial charge in [0.15, 0.2) is 0 Å². The molecule has 29 heavy (non-hydrogen) atoms. The first-order valence-corrected chi connectivity index (χ1v) is 13.2. The molecule has 2 rings (SSSR count). The third-order valence-electron chi connectivity index (χ3n) is 7.23. The van der Waals surface area contributed by atoms with E-state index in [2.05, 4.69) is 10.6 Å². The van der Waals surface area contributed by atoms with E-state index in [9.17, 15) is 0 Å². The molecule has 0 spiro atoms. The van der Waals surface area contributed by atoms with E-state index in [1.165, 1.54) is 135 Å². The van der Waals surface area contributed by atoms with E-state index in [1.807, 2.05) is 0 Å². The zero-order valence-corrected chi connectivity index (χ0v) is 19.3. The van der Waals surface area contributed by atoms with Gasteiger partial charge >= 0.3 is 0 Å². The summed E-state index contributed by atoms with van der Waals surface area (Å²) >= 11 is 0. The number of nitrogens with two attached hydrogens (primary N) is 2. The van der Waals surface area contributed by atoms with Crippen LogP contribution >= 0.6 is 0 Å². The van der Waals surface area contributed by atoms with E-state index in [-0.39, 0.29) is 0 Å². The molecule has 0 bridgehead atoms. The number of rotatable bonds is 8. The molecule has 0 aliphatic heterocycles. The Morgan fingerprint density at radius 2 is 0.759 bits per heavy atom. The van der Waals surface area contributed by atoms with Gasteiger partial charge in [-0.25, -0.2) is 0 Å². The molecule has 2 fully saturated rings. The van der Waals surface area contributed by atoms with Gasteiger partial charge in [-0.1, -0.05) is 57.8 Å². The Hall–Kier alpha value is -0.160. The van der Waals surface area contributed by atoms with Crippen LogP contribution < -0.4 is 22.1 Å². The van der Waals surface area contributed by atoms with Gasteiger partial charge in [-0.2, -0.15) is 0 Å². The summed E-state index contributed by atoms with van der Waals surface area (Å²) in [5, 5.41) is 7.72. The zero-order valence-electron chi connectivity index (χ0n) is 19.3. The Bertz CT molecular complexity index is 318. The summed E-state index contributed by atoms with van der Waals surface area (Å²) in [6, 6.07) is 2.42. The summed E-state index contributed by atoms with van der Waals surface area (Å²) in [6.07, 6.45) is 25.0. The molecule has 0 aromatic carbocycles. The highest BCUT2D eigenvalue weighted by molar-refractivity contribution is 4.73. The summed E-state index contributed by atoms with van der Waals surface area (Å²) < 4.78 is 0. The van der Waals surface area contributed by atoms with Crippen LogP contribution in [0.5, 0.6) is 0 Å². The van der Waals surface area contributed by atoms with Crippen molar-refractivity contribution in [2.75, 3.05) is 13.1 Å². The molecule has 2 aliphatic carbocycles. The minimum atomic E-state index is 0.461. The Kier molecular flexibility index (Phi) is 14.3. The molecule has 0 aromatic heterocycles. The van der Waals surface area contributed by atoms with Gasteiger partial charge in [0.25, 0.3) is 0 Å². The Balaban J connectivity index is 1.47. The second-order valence-electron chi connectivity index (χ2n) is 10.0. The molecule has 0 radical (unpaired) electrons. The molecule has 4 nitrogen and oxygen atoms in total. The SMILES string of the molecule is NC1CCCCC(NCCCCCNC2CCCCC(N)CCCC2)CCCC1. The van der Waals surface area contributed by atoms with E-state index in [4.69, 9.17) is 11.5 Å². The minimum Gasteiger partial charge on any atom is -0.328 e. The highest BCUT2D eigenvalue weighted by Crippen LogP contribution is 2.18. The molecule has 0 amide bonds. The quantitative estimate of drug-likeness (QED) is 0.426. The van der Waals surface area contributed by atoms with Crippen LogP contribution in [0.3, 0.4) is 0 Å². The van der Waals surface area contributed by atoms with Crippen molar-refractivity contribution in [1.82, 2.24) is 10.6 Å². The molecule has 0 aromatic rings. The highest BCUT2D eigenvalue weighted by Gasteiger charge is 2.13. The summed E-state index contributed by atoms with van der Waals surface area (Å²) in [5.41, 5.74) is 12.3. The van der Waals surface area contributed by atoms with Crippen molar-refractivity contribution in [2.45, 2.75) is 146 Å². The smallest absolute Gasteiger partial charge is 0.00670 e. The maximum atomic E-state index is 6.15. The average Bonchev–Trinajstić information content (AvgIpc) is 2.72. The number of hydrogen-bond donors (Lipinski definition) is 4. The van der Waals surface area contributed by atoms with Crippen molar-refractivity contribution >= 4 is 0 Å². The van der Waals surface area contributed by atoms with Crippen LogP contribution in [-0.4, -0.2) is 37.3 Å². The van der Waals surface area contributed by atoms with Crippen molar-refractivity contribution in [2.24, 2.45) is 11.5 Å². The van der Waals surface area contributed by atoms with Crippen molar-refractivity contribution in [1.29, 1.82) is 0 Å². The van der Waals surface area contributed by atoms with E-state index in [0.717, 1.165) is 12.1 Å². The Morgan fingerprint density at radius 1 is 0.448 bits per heavy atom. The molecule has 6 N–H and O–H groups in total. The van der Waals surface area contributed by atoms with E-state index >= 15 is 0 Å². The van der Waals surface area contributed by atoms with Crippen molar-refractivity contribution < 1.29 is 0 Å². The van der Waals surface area contributed by atoms with Crippen LogP contribution in [0.2, 0.25) is 0 Å². The predicted octanol–water partition coefficient (Wildman–Crippen LogP) is 5.00. The van der Waals surface area contributed by atoms with Crippen LogP contribution in [0.25, 0.3) is 0 Å². The van der Waals surface area contributed by atoms with Crippen LogP contribution in [0.4, 0.5) is 0 Å². The topological polar surface area (TPSA) is 76.1 Å². The zero-order chi connectivity index (χ0) is 20.6. The lowest BCUT2D eigenvalue weighted by molar-refractivity contribution is 0.374. The van der Waals surface area contributed by atoms with E-state index in [0.29, 0.717) is 12.1 Å². The van der Waals surface area contributed by atoms with E-state index < -0.39 is 0 Å². The lowest BCUT2D eigenvalue weighted by Crippen LogP contribution is -2.32. The maximum absolute atomic E-state index is 6.15. The lowest BCUT2D eigenvalue weighted by Gasteiger charge is -2.22. The summed E-state index contributed by atoms with van der Waals surface area (Å²) in [5.74, 6) is 0. The summed E-state index contributed by atoms with van der Waals surface area (Å²) in [4.78, 5) is 0. The Morgan fingerprint density at radius 3 is 1.10 bits per heavy atom. The maximum Gasteiger partial charge on any atom is 0.00670 e. The third-order valence-corrected chi connectivity index (χ3v) is 7.23. The molecule has 172 valence electrons. The number of unbranched alkanes of at least 4 members (excludes halogenated alkanes) is 2. The fourth-order valence-corrected chi connectivity index (χ4v) is 5.21. The van der Waals surface area contributed by atoms with Gasteiger partial charge in [0.1, 0.15) is 0 Å². The first-order valence-electron chi connectivity index (χ1n) is 13.2. The molecule has 4 heteroatoms. The van der Waals surface area contributed by atoms with E-state index in [1.54, 1.807) is 0 Å². The lowest BCUT2D eigenvalue weighted by atomic mass is 9.95. The van der Waals surface area contributed by atoms with Crippen LogP contribution in [0.15, 0.2) is 0 Å². The normalized spacial score (nSPS) is 31.2. The second kappa shape index (κ2) is 16.5. The van der Waals surface area contributed by atoms with Crippen molar-refractivity contribution in [3.63, 3.8) is 0 Å². The molecule has 2 aliphatic rings. The molecule has 2 saturated carbocycles. The van der Waals surface area contributed by atoms with Gasteiger partial charge in [0.2, 0.25) is 0 Å². The molecular weight excluding hydrogens is 356 g/mol. The van der Waals surface area contributed by atoms with Gasteiger partial charge in [-0.3, -0.25) is 0 Å². The molecule has 0 atom stereocenters. The first kappa shape index (κ1) is 25.1.